The summed E-state index contributed by atoms with van der Waals surface area (Å²) >= 11 is 1.82. The molecule has 0 aliphatic rings. The number of thiophene rings is 1. The normalized spacial score (nSPS) is 12.3. The number of hydrogen-bond donors (Lipinski definition) is 1. The predicted octanol–water partition coefficient (Wildman–Crippen LogP) is 3.48. The van der Waals surface area contributed by atoms with E-state index in [9.17, 15) is 0 Å². The molecule has 96 valence electrons. The predicted molar refractivity (Wildman–Crippen MR) is 77.3 cm³/mol. The van der Waals surface area contributed by atoms with Crippen molar-refractivity contribution in [1.29, 1.82) is 0 Å². The molecule has 18 heavy (non-hydrogen) atoms. The van der Waals surface area contributed by atoms with E-state index in [1.807, 2.05) is 23.5 Å². The van der Waals surface area contributed by atoms with Gasteiger partial charge in [0.05, 0.1) is 7.11 Å². The highest BCUT2D eigenvalue weighted by molar-refractivity contribution is 7.09. The highest BCUT2D eigenvalue weighted by Gasteiger charge is 2.04. The first-order chi connectivity index (χ1) is 8.78. The Labute approximate surface area is 113 Å². The zero-order valence-corrected chi connectivity index (χ0v) is 11.7. The monoisotopic (exact) mass is 261 g/mol. The second kappa shape index (κ2) is 6.57. The van der Waals surface area contributed by atoms with Crippen molar-refractivity contribution in [2.75, 3.05) is 7.11 Å². The van der Waals surface area contributed by atoms with Gasteiger partial charge in [0, 0.05) is 17.5 Å². The van der Waals surface area contributed by atoms with Crippen molar-refractivity contribution in [1.82, 2.24) is 5.32 Å². The maximum absolute atomic E-state index is 5.15. The first-order valence-electron chi connectivity index (χ1n) is 6.16. The van der Waals surface area contributed by atoms with Crippen LogP contribution in [0.1, 0.15) is 17.4 Å². The Kier molecular flexibility index (Phi) is 4.79. The molecule has 1 aromatic heterocycles. The van der Waals surface area contributed by atoms with Crippen molar-refractivity contribution in [3.63, 3.8) is 0 Å². The SMILES string of the molecule is COc1ccc(CN[C@H](C)Cc2cccs2)cc1. The first kappa shape index (κ1) is 13.1. The average Bonchev–Trinajstić information content (AvgIpc) is 2.90. The van der Waals surface area contributed by atoms with E-state index in [0.717, 1.165) is 18.7 Å². The Bertz CT molecular complexity index is 450. The summed E-state index contributed by atoms with van der Waals surface area (Å²) in [5.74, 6) is 0.908. The molecule has 0 saturated heterocycles. The summed E-state index contributed by atoms with van der Waals surface area (Å²) in [6.07, 6.45) is 1.09. The Morgan fingerprint density at radius 1 is 1.22 bits per heavy atom. The number of nitrogens with one attached hydrogen (secondary N) is 1. The fourth-order valence-corrected chi connectivity index (χ4v) is 2.67. The molecule has 1 aromatic carbocycles. The second-order valence-electron chi connectivity index (χ2n) is 4.41. The lowest BCUT2D eigenvalue weighted by atomic mass is 10.1. The summed E-state index contributed by atoms with van der Waals surface area (Å²) < 4.78 is 5.15. The van der Waals surface area contributed by atoms with Crippen LogP contribution in [0.5, 0.6) is 5.75 Å². The van der Waals surface area contributed by atoms with E-state index in [1.165, 1.54) is 10.4 Å². The van der Waals surface area contributed by atoms with Gasteiger partial charge in [-0.05, 0) is 42.5 Å². The molecule has 3 heteroatoms. The Balaban J connectivity index is 1.79. The van der Waals surface area contributed by atoms with Gasteiger partial charge in [-0.15, -0.1) is 11.3 Å². The summed E-state index contributed by atoms with van der Waals surface area (Å²) in [5, 5.41) is 5.67. The molecule has 0 amide bonds. The van der Waals surface area contributed by atoms with E-state index < -0.39 is 0 Å². The van der Waals surface area contributed by atoms with Gasteiger partial charge < -0.3 is 10.1 Å². The topological polar surface area (TPSA) is 21.3 Å². The van der Waals surface area contributed by atoms with Gasteiger partial charge >= 0.3 is 0 Å². The van der Waals surface area contributed by atoms with Crippen LogP contribution < -0.4 is 10.1 Å². The smallest absolute Gasteiger partial charge is 0.118 e. The van der Waals surface area contributed by atoms with Crippen LogP contribution in [0.2, 0.25) is 0 Å². The molecule has 0 spiro atoms. The van der Waals surface area contributed by atoms with Crippen molar-refractivity contribution in [3.05, 3.63) is 52.2 Å². The Morgan fingerprint density at radius 3 is 2.61 bits per heavy atom. The number of rotatable bonds is 6. The van der Waals surface area contributed by atoms with Crippen LogP contribution in [0, 0.1) is 0 Å². The molecule has 0 radical (unpaired) electrons. The second-order valence-corrected chi connectivity index (χ2v) is 5.45. The van der Waals surface area contributed by atoms with Gasteiger partial charge in [-0.1, -0.05) is 18.2 Å². The third-order valence-corrected chi connectivity index (χ3v) is 3.80. The molecule has 2 nitrogen and oxygen atoms in total. The molecule has 1 N–H and O–H groups in total. The molecule has 1 heterocycles. The molecule has 0 unspecified atom stereocenters. The third-order valence-electron chi connectivity index (χ3n) is 2.90. The number of methoxy groups -OCH3 is 1. The number of benzene rings is 1. The van der Waals surface area contributed by atoms with Gasteiger partial charge in [-0.2, -0.15) is 0 Å². The minimum Gasteiger partial charge on any atom is -0.497 e. The molecule has 0 bridgehead atoms. The lowest BCUT2D eigenvalue weighted by Gasteiger charge is -2.13. The van der Waals surface area contributed by atoms with E-state index in [4.69, 9.17) is 4.74 Å². The van der Waals surface area contributed by atoms with Crippen LogP contribution in [0.25, 0.3) is 0 Å². The van der Waals surface area contributed by atoms with Gasteiger partial charge in [0.25, 0.3) is 0 Å². The maximum Gasteiger partial charge on any atom is 0.118 e. The molecular weight excluding hydrogens is 242 g/mol. The number of hydrogen-bond acceptors (Lipinski definition) is 3. The van der Waals surface area contributed by atoms with Crippen molar-refractivity contribution in [2.45, 2.75) is 25.9 Å². The quantitative estimate of drug-likeness (QED) is 0.859. The van der Waals surface area contributed by atoms with Crippen molar-refractivity contribution in [3.8, 4) is 5.75 Å². The zero-order chi connectivity index (χ0) is 12.8. The molecule has 0 saturated carbocycles. The summed E-state index contributed by atoms with van der Waals surface area (Å²) in [7, 11) is 1.69. The van der Waals surface area contributed by atoms with Crippen LogP contribution in [0.15, 0.2) is 41.8 Å². The summed E-state index contributed by atoms with van der Waals surface area (Å²) in [5.41, 5.74) is 1.29. The fraction of sp³-hybridized carbons (Fsp3) is 0.333. The number of ether oxygens (including phenoxy) is 1. The van der Waals surface area contributed by atoms with E-state index in [1.54, 1.807) is 7.11 Å². The Morgan fingerprint density at radius 2 is 2.00 bits per heavy atom. The highest BCUT2D eigenvalue weighted by atomic mass is 32.1. The molecule has 2 rings (SSSR count). The van der Waals surface area contributed by atoms with Gasteiger partial charge in [0.2, 0.25) is 0 Å². The standard InChI is InChI=1S/C15H19NOS/c1-12(10-15-4-3-9-18-15)16-11-13-5-7-14(17-2)8-6-13/h3-9,12,16H,10-11H2,1-2H3/t12-/m1/s1. The fourth-order valence-electron chi connectivity index (χ4n) is 1.84. The largest absolute Gasteiger partial charge is 0.497 e. The lowest BCUT2D eigenvalue weighted by Crippen LogP contribution is -2.27. The maximum atomic E-state index is 5.15. The third kappa shape index (κ3) is 3.86. The van der Waals surface area contributed by atoms with E-state index in [2.05, 4.69) is 41.9 Å². The minimum absolute atomic E-state index is 0.491. The summed E-state index contributed by atoms with van der Waals surface area (Å²) in [4.78, 5) is 1.43. The van der Waals surface area contributed by atoms with Crippen LogP contribution in [-0.2, 0) is 13.0 Å². The average molecular weight is 261 g/mol. The molecule has 0 aliphatic carbocycles. The molecule has 2 aromatic rings. The van der Waals surface area contributed by atoms with E-state index in [0.29, 0.717) is 6.04 Å². The first-order valence-corrected chi connectivity index (χ1v) is 7.04. The van der Waals surface area contributed by atoms with Crippen LogP contribution in [-0.4, -0.2) is 13.2 Å². The van der Waals surface area contributed by atoms with Crippen LogP contribution in [0.3, 0.4) is 0 Å². The molecular formula is C15H19NOS. The minimum atomic E-state index is 0.491. The summed E-state index contributed by atoms with van der Waals surface area (Å²) in [6.45, 7) is 3.12. The van der Waals surface area contributed by atoms with Crippen LogP contribution >= 0.6 is 11.3 Å². The van der Waals surface area contributed by atoms with Gasteiger partial charge in [-0.25, -0.2) is 0 Å². The molecule has 1 atom stereocenters. The van der Waals surface area contributed by atoms with Gasteiger partial charge in [0.1, 0.15) is 5.75 Å². The van der Waals surface area contributed by atoms with Crippen LogP contribution in [0.4, 0.5) is 0 Å². The van der Waals surface area contributed by atoms with E-state index >= 15 is 0 Å². The lowest BCUT2D eigenvalue weighted by molar-refractivity contribution is 0.414. The Hall–Kier alpha value is -1.32. The van der Waals surface area contributed by atoms with Crippen molar-refractivity contribution < 1.29 is 4.74 Å². The highest BCUT2D eigenvalue weighted by Crippen LogP contribution is 2.13. The van der Waals surface area contributed by atoms with E-state index in [-0.39, 0.29) is 0 Å². The molecule has 0 aliphatic heterocycles. The molecule has 0 fully saturated rings. The van der Waals surface area contributed by atoms with Gasteiger partial charge in [0.15, 0.2) is 0 Å². The zero-order valence-electron chi connectivity index (χ0n) is 10.8. The van der Waals surface area contributed by atoms with Gasteiger partial charge in [-0.3, -0.25) is 0 Å². The summed E-state index contributed by atoms with van der Waals surface area (Å²) in [6, 6.07) is 13.0. The van der Waals surface area contributed by atoms with Crippen molar-refractivity contribution in [2.24, 2.45) is 0 Å². The van der Waals surface area contributed by atoms with Crippen molar-refractivity contribution >= 4 is 11.3 Å².